The predicted octanol–water partition coefficient (Wildman–Crippen LogP) is 14.9. The molecule has 3 aliphatic rings. The van der Waals surface area contributed by atoms with Crippen molar-refractivity contribution in [2.45, 2.75) is 117 Å². The third kappa shape index (κ3) is 7.22. The minimum atomic E-state index is 0.0622. The second kappa shape index (κ2) is 14.9. The molecule has 63 heavy (non-hydrogen) atoms. The van der Waals surface area contributed by atoms with Crippen LogP contribution in [0.4, 0.5) is 28.4 Å². The standard InChI is InChI=1S/C60H63BN2/c1-38-31-46(45-35-48-49(59(7,8)29-28-58(48,5)6)36-52(45)62-44-24-21-42(22-25-44)40-17-13-11-14-18-40)56-55(32-38)63(54-34-43(23-26-51(54)61-56)41-19-15-12-16-20-41)53-37-50-47(33-39(53)2)57(3,4)27-30-60(50,9)10/h11-26,31-37,61-62H,27-30H2,1-10H3. The quantitative estimate of drug-likeness (QED) is 0.168. The molecule has 0 unspecified atom stereocenters. The molecule has 1 N–H and O–H groups in total. The summed E-state index contributed by atoms with van der Waals surface area (Å²) in [5.74, 6) is 0. The van der Waals surface area contributed by atoms with Crippen LogP contribution < -0.4 is 21.1 Å². The first kappa shape index (κ1) is 41.2. The molecule has 0 fully saturated rings. The molecule has 0 spiro atoms. The Morgan fingerprint density at radius 2 is 0.952 bits per heavy atom. The van der Waals surface area contributed by atoms with Gasteiger partial charge in [0.2, 0.25) is 0 Å². The summed E-state index contributed by atoms with van der Waals surface area (Å²) in [6.07, 6.45) is 4.72. The second-order valence-electron chi connectivity index (χ2n) is 21.8. The molecule has 0 saturated carbocycles. The van der Waals surface area contributed by atoms with E-state index < -0.39 is 0 Å². The summed E-state index contributed by atoms with van der Waals surface area (Å²) in [5, 5.41) is 4.03. The Morgan fingerprint density at radius 1 is 0.444 bits per heavy atom. The van der Waals surface area contributed by atoms with Crippen molar-refractivity contribution in [2.24, 2.45) is 0 Å². The number of nitrogens with zero attached hydrogens (tertiary/aromatic N) is 1. The van der Waals surface area contributed by atoms with Crippen molar-refractivity contribution >= 4 is 46.6 Å². The van der Waals surface area contributed by atoms with Gasteiger partial charge in [-0.25, -0.2) is 0 Å². The van der Waals surface area contributed by atoms with Crippen molar-refractivity contribution in [3.8, 4) is 33.4 Å². The van der Waals surface area contributed by atoms with Crippen LogP contribution in [0.5, 0.6) is 0 Å². The average molecular weight is 823 g/mol. The fraction of sp³-hybridized carbons (Fsp3) is 0.300. The summed E-state index contributed by atoms with van der Waals surface area (Å²) >= 11 is 0. The topological polar surface area (TPSA) is 15.3 Å². The maximum absolute atomic E-state index is 4.03. The van der Waals surface area contributed by atoms with Crippen molar-refractivity contribution in [3.05, 3.63) is 173 Å². The van der Waals surface area contributed by atoms with E-state index in [1.165, 1.54) is 126 Å². The number of benzene rings is 7. The molecule has 0 saturated heterocycles. The van der Waals surface area contributed by atoms with Crippen molar-refractivity contribution < 1.29 is 0 Å². The Bertz CT molecular complexity index is 2900. The summed E-state index contributed by atoms with van der Waals surface area (Å²) in [6, 6.07) is 52.9. The highest BCUT2D eigenvalue weighted by Gasteiger charge is 2.41. The Balaban J connectivity index is 1.20. The zero-order valence-corrected chi connectivity index (χ0v) is 39.3. The number of hydrogen-bond donors (Lipinski definition) is 1. The van der Waals surface area contributed by atoms with Crippen LogP contribution >= 0.6 is 0 Å². The normalized spacial score (nSPS) is 17.4. The van der Waals surface area contributed by atoms with E-state index in [0.29, 0.717) is 0 Å². The fourth-order valence-corrected chi connectivity index (χ4v) is 11.2. The molecular weight excluding hydrogens is 759 g/mol. The molecule has 2 nitrogen and oxygen atoms in total. The van der Waals surface area contributed by atoms with Crippen molar-refractivity contribution in [3.63, 3.8) is 0 Å². The van der Waals surface area contributed by atoms with Crippen LogP contribution in [0.2, 0.25) is 0 Å². The zero-order valence-electron chi connectivity index (χ0n) is 39.3. The molecule has 0 aromatic heterocycles. The molecule has 3 heteroatoms. The highest BCUT2D eigenvalue weighted by Crippen LogP contribution is 2.52. The number of anilines is 5. The average Bonchev–Trinajstić information content (AvgIpc) is 3.27. The lowest BCUT2D eigenvalue weighted by Gasteiger charge is -2.44. The first-order chi connectivity index (χ1) is 30.0. The molecule has 0 amide bonds. The molecule has 1 aliphatic heterocycles. The van der Waals surface area contributed by atoms with Crippen LogP contribution in [0.15, 0.2) is 140 Å². The van der Waals surface area contributed by atoms with Gasteiger partial charge in [-0.05, 0) is 170 Å². The van der Waals surface area contributed by atoms with Crippen LogP contribution in [-0.4, -0.2) is 7.28 Å². The van der Waals surface area contributed by atoms with Gasteiger partial charge in [0.05, 0.1) is 0 Å². The highest BCUT2D eigenvalue weighted by molar-refractivity contribution is 6.73. The van der Waals surface area contributed by atoms with E-state index in [4.69, 9.17) is 0 Å². The molecule has 0 bridgehead atoms. The van der Waals surface area contributed by atoms with Crippen molar-refractivity contribution in [1.82, 2.24) is 0 Å². The Morgan fingerprint density at radius 3 is 1.56 bits per heavy atom. The van der Waals surface area contributed by atoms with Gasteiger partial charge >= 0.3 is 0 Å². The lowest BCUT2D eigenvalue weighted by atomic mass is 9.57. The van der Waals surface area contributed by atoms with Gasteiger partial charge in [-0.3, -0.25) is 0 Å². The van der Waals surface area contributed by atoms with Crippen molar-refractivity contribution in [1.29, 1.82) is 0 Å². The van der Waals surface area contributed by atoms with Crippen LogP contribution in [0.25, 0.3) is 33.4 Å². The van der Waals surface area contributed by atoms with Gasteiger partial charge in [-0.2, -0.15) is 0 Å². The largest absolute Gasteiger partial charge is 0.355 e. The van der Waals surface area contributed by atoms with Gasteiger partial charge in [-0.15, -0.1) is 0 Å². The summed E-state index contributed by atoms with van der Waals surface area (Å²) in [5.41, 5.74) is 25.3. The lowest BCUT2D eigenvalue weighted by molar-refractivity contribution is 0.332. The summed E-state index contributed by atoms with van der Waals surface area (Å²) < 4.78 is 0. The molecule has 316 valence electrons. The van der Waals surface area contributed by atoms with E-state index in [2.05, 4.69) is 219 Å². The van der Waals surface area contributed by atoms with E-state index in [1.807, 2.05) is 0 Å². The molecule has 0 radical (unpaired) electrons. The number of rotatable bonds is 6. The van der Waals surface area contributed by atoms with Crippen LogP contribution in [0.3, 0.4) is 0 Å². The van der Waals surface area contributed by atoms with E-state index in [-0.39, 0.29) is 21.7 Å². The minimum absolute atomic E-state index is 0.0622. The maximum atomic E-state index is 4.03. The first-order valence-electron chi connectivity index (χ1n) is 23.4. The third-order valence-electron chi connectivity index (χ3n) is 15.4. The monoisotopic (exact) mass is 823 g/mol. The number of nitrogens with one attached hydrogen (secondary N) is 1. The minimum Gasteiger partial charge on any atom is -0.355 e. The smallest absolute Gasteiger partial charge is 0.198 e. The fourth-order valence-electron chi connectivity index (χ4n) is 11.2. The third-order valence-corrected chi connectivity index (χ3v) is 15.4. The maximum Gasteiger partial charge on any atom is 0.198 e. The molecular formula is C60H63BN2. The molecule has 7 aromatic rings. The molecule has 1 heterocycles. The summed E-state index contributed by atoms with van der Waals surface area (Å²) in [6.45, 7) is 24.2. The lowest BCUT2D eigenvalue weighted by Crippen LogP contribution is -2.41. The van der Waals surface area contributed by atoms with Gasteiger partial charge in [0.25, 0.3) is 0 Å². The van der Waals surface area contributed by atoms with E-state index in [0.717, 1.165) is 13.0 Å². The van der Waals surface area contributed by atoms with Crippen LogP contribution in [0, 0.1) is 13.8 Å². The van der Waals surface area contributed by atoms with E-state index in [1.54, 1.807) is 0 Å². The molecule has 0 atom stereocenters. The van der Waals surface area contributed by atoms with E-state index in [9.17, 15) is 0 Å². The SMILES string of the molecule is Cc1cc(-c2cc3c(cc2Nc2ccc(-c4ccccc4)cc2)C(C)(C)CCC3(C)C)c2c(c1)N(c1cc3c(cc1C)C(C)(C)CCC3(C)C)c1cc(-c3ccccc3)ccc1B2. The second-order valence-corrected chi connectivity index (χ2v) is 21.8. The Labute approximate surface area is 378 Å². The van der Waals surface area contributed by atoms with Gasteiger partial charge in [0.1, 0.15) is 0 Å². The van der Waals surface area contributed by atoms with Gasteiger partial charge < -0.3 is 10.2 Å². The van der Waals surface area contributed by atoms with E-state index >= 15 is 0 Å². The number of hydrogen-bond acceptors (Lipinski definition) is 2. The number of aryl methyl sites for hydroxylation is 2. The number of fused-ring (bicyclic) bond motifs is 4. The zero-order chi connectivity index (χ0) is 44.1. The predicted molar refractivity (Wildman–Crippen MR) is 274 cm³/mol. The van der Waals surface area contributed by atoms with Gasteiger partial charge in [0, 0.05) is 34.0 Å². The Kier molecular flexibility index (Phi) is 9.75. The molecule has 2 aliphatic carbocycles. The van der Waals surface area contributed by atoms with Crippen LogP contribution in [0.1, 0.15) is 114 Å². The highest BCUT2D eigenvalue weighted by atomic mass is 15.2. The first-order valence-corrected chi connectivity index (χ1v) is 23.4. The summed E-state index contributed by atoms with van der Waals surface area (Å²) in [7, 11) is 0.853. The Hall–Kier alpha value is -5.80. The molecule has 7 aromatic carbocycles. The molecule has 10 rings (SSSR count). The van der Waals surface area contributed by atoms with Gasteiger partial charge in [0.15, 0.2) is 7.28 Å². The van der Waals surface area contributed by atoms with Gasteiger partial charge in [-0.1, -0.05) is 158 Å². The summed E-state index contributed by atoms with van der Waals surface area (Å²) in [4.78, 5) is 2.64. The van der Waals surface area contributed by atoms with Crippen molar-refractivity contribution in [2.75, 3.05) is 10.2 Å². The van der Waals surface area contributed by atoms with Crippen LogP contribution in [-0.2, 0) is 21.7 Å².